The number of sulfonamides is 1. The molecule has 1 unspecified atom stereocenters. The fraction of sp³-hybridized carbons (Fsp3) is 0.471. The first-order chi connectivity index (χ1) is 13.9. The summed E-state index contributed by atoms with van der Waals surface area (Å²) in [6.07, 6.45) is 0.945. The van der Waals surface area contributed by atoms with E-state index in [9.17, 15) is 23.3 Å². The Morgan fingerprint density at radius 3 is 2.57 bits per heavy atom. The van der Waals surface area contributed by atoms with Crippen molar-refractivity contribution in [1.82, 2.24) is 10.2 Å². The monoisotopic (exact) mass is 473 g/mol. The summed E-state index contributed by atoms with van der Waals surface area (Å²) in [5, 5.41) is 21.9. The number of nitrogens with one attached hydrogen (secondary N) is 1. The van der Waals surface area contributed by atoms with Gasteiger partial charge in [0, 0.05) is 17.9 Å². The number of thioether (sulfide) groups is 1. The summed E-state index contributed by atoms with van der Waals surface area (Å²) in [6, 6.07) is 2.70. The first-order valence-electron chi connectivity index (χ1n) is 8.91. The molecule has 0 aliphatic rings. The fourth-order valence-corrected chi connectivity index (χ4v) is 5.45. The van der Waals surface area contributed by atoms with Gasteiger partial charge in [0.2, 0.25) is 21.1 Å². The normalized spacial score (nSPS) is 12.6. The third-order valence-electron chi connectivity index (χ3n) is 3.91. The maximum absolute atomic E-state index is 12.8. The Morgan fingerprint density at radius 2 is 2.00 bits per heavy atom. The number of aromatic nitrogens is 2. The summed E-state index contributed by atoms with van der Waals surface area (Å²) in [6.45, 7) is 7.18. The van der Waals surface area contributed by atoms with Gasteiger partial charge in [0.1, 0.15) is 6.04 Å². The molecule has 10 nitrogen and oxygen atoms in total. The number of rotatable bonds is 9. The van der Waals surface area contributed by atoms with Crippen molar-refractivity contribution in [2.75, 3.05) is 21.6 Å². The number of anilines is 2. The van der Waals surface area contributed by atoms with E-state index >= 15 is 0 Å². The number of carbonyl (C=O) groups is 1. The predicted octanol–water partition coefficient (Wildman–Crippen LogP) is 3.30. The molecule has 2 rings (SSSR count). The van der Waals surface area contributed by atoms with Crippen LogP contribution in [0.4, 0.5) is 16.5 Å². The van der Waals surface area contributed by atoms with Crippen LogP contribution in [0.15, 0.2) is 22.5 Å². The van der Waals surface area contributed by atoms with Gasteiger partial charge in [0.05, 0.1) is 16.9 Å². The maximum atomic E-state index is 12.8. The van der Waals surface area contributed by atoms with Crippen molar-refractivity contribution < 1.29 is 18.1 Å². The van der Waals surface area contributed by atoms with Gasteiger partial charge in [-0.05, 0) is 25.3 Å². The molecule has 1 aromatic heterocycles. The molecule has 1 heterocycles. The Kier molecular flexibility index (Phi) is 7.77. The van der Waals surface area contributed by atoms with Gasteiger partial charge >= 0.3 is 0 Å². The number of amides is 1. The van der Waals surface area contributed by atoms with E-state index in [0.717, 1.165) is 22.4 Å². The smallest absolute Gasteiger partial charge is 0.271 e. The molecule has 0 aliphatic heterocycles. The summed E-state index contributed by atoms with van der Waals surface area (Å²) in [5.74, 6) is 0.703. The molecule has 0 saturated carbocycles. The fourth-order valence-electron chi connectivity index (χ4n) is 2.50. The molecule has 0 aliphatic carbocycles. The Balaban J connectivity index is 2.28. The van der Waals surface area contributed by atoms with Gasteiger partial charge in [-0.2, -0.15) is 0 Å². The molecule has 164 valence electrons. The highest BCUT2D eigenvalue weighted by molar-refractivity contribution is 8.01. The van der Waals surface area contributed by atoms with E-state index < -0.39 is 26.9 Å². The summed E-state index contributed by atoms with van der Waals surface area (Å²) in [7, 11) is -3.92. The minimum atomic E-state index is -3.92. The van der Waals surface area contributed by atoms with Crippen LogP contribution in [0, 0.1) is 23.0 Å². The number of non-ortho nitro benzene ring substituents is 1. The van der Waals surface area contributed by atoms with Crippen molar-refractivity contribution in [3.05, 3.63) is 33.9 Å². The molecule has 0 bridgehead atoms. The second-order valence-electron chi connectivity index (χ2n) is 7.03. The molecule has 0 saturated heterocycles. The van der Waals surface area contributed by atoms with Gasteiger partial charge < -0.3 is 0 Å². The van der Waals surface area contributed by atoms with Crippen LogP contribution in [-0.2, 0) is 14.8 Å². The molecule has 30 heavy (non-hydrogen) atoms. The number of hydrogen-bond donors (Lipinski definition) is 1. The van der Waals surface area contributed by atoms with Crippen LogP contribution in [0.25, 0.3) is 0 Å². The average molecular weight is 474 g/mol. The van der Waals surface area contributed by atoms with E-state index in [4.69, 9.17) is 0 Å². The van der Waals surface area contributed by atoms with Gasteiger partial charge in [0.15, 0.2) is 4.34 Å². The van der Waals surface area contributed by atoms with Gasteiger partial charge in [-0.3, -0.25) is 24.5 Å². The molecule has 0 radical (unpaired) electrons. The molecule has 2 aromatic rings. The van der Waals surface area contributed by atoms with Crippen LogP contribution in [0.1, 0.15) is 26.3 Å². The van der Waals surface area contributed by atoms with Crippen LogP contribution < -0.4 is 9.62 Å². The summed E-state index contributed by atoms with van der Waals surface area (Å²) < 4.78 is 26.5. The first kappa shape index (κ1) is 24.0. The maximum Gasteiger partial charge on any atom is 0.271 e. The zero-order chi connectivity index (χ0) is 22.6. The second kappa shape index (κ2) is 9.71. The first-order valence-corrected chi connectivity index (χ1v) is 12.6. The third-order valence-corrected chi connectivity index (χ3v) is 7.53. The number of hydrogen-bond acceptors (Lipinski definition) is 9. The lowest BCUT2D eigenvalue weighted by atomic mass is 10.1. The average Bonchev–Trinajstić information content (AvgIpc) is 3.07. The highest BCUT2D eigenvalue weighted by Crippen LogP contribution is 2.30. The van der Waals surface area contributed by atoms with Gasteiger partial charge in [0.25, 0.3) is 5.69 Å². The highest BCUT2D eigenvalue weighted by Gasteiger charge is 2.31. The lowest BCUT2D eigenvalue weighted by molar-refractivity contribution is -0.384. The van der Waals surface area contributed by atoms with Crippen LogP contribution in [0.2, 0.25) is 0 Å². The van der Waals surface area contributed by atoms with E-state index in [1.807, 2.05) is 0 Å². The van der Waals surface area contributed by atoms with Crippen LogP contribution in [0.3, 0.4) is 0 Å². The number of nitro groups is 1. The van der Waals surface area contributed by atoms with Crippen molar-refractivity contribution >= 4 is 55.5 Å². The zero-order valence-corrected chi connectivity index (χ0v) is 19.6. The minimum absolute atomic E-state index is 0.0693. The number of benzene rings is 1. The molecular formula is C17H23N5O5S3. The van der Waals surface area contributed by atoms with E-state index in [2.05, 4.69) is 29.4 Å². The van der Waals surface area contributed by atoms with Crippen molar-refractivity contribution in [1.29, 1.82) is 0 Å². The molecule has 0 spiro atoms. The Bertz CT molecular complexity index is 1040. The number of nitro benzene ring substituents is 1. The van der Waals surface area contributed by atoms with E-state index in [-0.39, 0.29) is 16.5 Å². The number of nitrogens with zero attached hydrogens (tertiary/aromatic N) is 4. The largest absolute Gasteiger partial charge is 0.299 e. The van der Waals surface area contributed by atoms with Gasteiger partial charge in [-0.15, -0.1) is 10.2 Å². The molecular weight excluding hydrogens is 450 g/mol. The molecule has 1 amide bonds. The minimum Gasteiger partial charge on any atom is -0.299 e. The number of carbonyl (C=O) groups excluding carboxylic acids is 1. The van der Waals surface area contributed by atoms with Gasteiger partial charge in [-0.1, -0.05) is 43.0 Å². The lowest BCUT2D eigenvalue weighted by Crippen LogP contribution is -2.45. The molecule has 0 fully saturated rings. The molecule has 1 aromatic carbocycles. The summed E-state index contributed by atoms with van der Waals surface area (Å²) >= 11 is 2.72. The predicted molar refractivity (Wildman–Crippen MR) is 119 cm³/mol. The summed E-state index contributed by atoms with van der Waals surface area (Å²) in [5.41, 5.74) is 0.279. The Morgan fingerprint density at radius 1 is 1.33 bits per heavy atom. The molecule has 1 atom stereocenters. The number of aryl methyl sites for hydroxylation is 1. The molecule has 1 N–H and O–H groups in total. The van der Waals surface area contributed by atoms with E-state index in [1.54, 1.807) is 6.92 Å². The topological polar surface area (TPSA) is 135 Å². The lowest BCUT2D eigenvalue weighted by Gasteiger charge is -2.29. The van der Waals surface area contributed by atoms with Gasteiger partial charge in [-0.25, -0.2) is 8.42 Å². The quantitative estimate of drug-likeness (QED) is 0.254. The highest BCUT2D eigenvalue weighted by atomic mass is 32.2. The van der Waals surface area contributed by atoms with E-state index in [1.165, 1.54) is 42.2 Å². The Labute approximate surface area is 183 Å². The molecule has 13 heteroatoms. The standard InChI is InChI=1S/C17H23N5O5S3/c1-10(2)9-28-17-20-19-16(29-17)18-15(23)12(4)21(30(5,26)27)14-8-13(22(24)25)7-6-11(14)3/h6-8,10,12H,9H2,1-5H3,(H,18,19,23). The van der Waals surface area contributed by atoms with Crippen molar-refractivity contribution in [3.8, 4) is 0 Å². The van der Waals surface area contributed by atoms with Crippen molar-refractivity contribution in [3.63, 3.8) is 0 Å². The van der Waals surface area contributed by atoms with Crippen LogP contribution >= 0.6 is 23.1 Å². The van der Waals surface area contributed by atoms with Crippen molar-refractivity contribution in [2.24, 2.45) is 5.92 Å². The van der Waals surface area contributed by atoms with Crippen LogP contribution in [0.5, 0.6) is 0 Å². The van der Waals surface area contributed by atoms with E-state index in [0.29, 0.717) is 15.8 Å². The summed E-state index contributed by atoms with van der Waals surface area (Å²) in [4.78, 5) is 23.3. The zero-order valence-electron chi connectivity index (χ0n) is 17.1. The Hall–Kier alpha value is -2.25. The second-order valence-corrected chi connectivity index (χ2v) is 11.1. The SMILES string of the molecule is Cc1ccc([N+](=O)[O-])cc1N(C(C)C(=O)Nc1nnc(SCC(C)C)s1)S(C)(=O)=O. The van der Waals surface area contributed by atoms with Crippen molar-refractivity contribution in [2.45, 2.75) is 38.1 Å². The van der Waals surface area contributed by atoms with Crippen LogP contribution in [-0.4, -0.2) is 47.5 Å². The third kappa shape index (κ3) is 6.12.